The number of rotatable bonds is 3. The molecule has 0 bridgehead atoms. The molecule has 7 nitrogen and oxygen atoms in total. The highest BCUT2D eigenvalue weighted by Crippen LogP contribution is 2.26. The van der Waals surface area contributed by atoms with Crippen LogP contribution in [0.3, 0.4) is 0 Å². The van der Waals surface area contributed by atoms with Crippen molar-refractivity contribution in [2.75, 3.05) is 5.32 Å². The van der Waals surface area contributed by atoms with Crippen molar-refractivity contribution in [2.45, 2.75) is 6.92 Å². The number of benzene rings is 1. The lowest BCUT2D eigenvalue weighted by Crippen LogP contribution is -2.08. The van der Waals surface area contributed by atoms with Gasteiger partial charge in [0.25, 0.3) is 5.69 Å². The second-order valence-corrected chi connectivity index (χ2v) is 3.50. The molecule has 0 heterocycles. The van der Waals surface area contributed by atoms with Gasteiger partial charge in [0.2, 0.25) is 5.91 Å². The quantitative estimate of drug-likeness (QED) is 0.503. The molecule has 0 spiro atoms. The van der Waals surface area contributed by atoms with Gasteiger partial charge >= 0.3 is 0 Å². The lowest BCUT2D eigenvalue weighted by molar-refractivity contribution is -0.383. The molecule has 0 aliphatic carbocycles. The van der Waals surface area contributed by atoms with Crippen LogP contribution in [0.4, 0.5) is 11.4 Å². The summed E-state index contributed by atoms with van der Waals surface area (Å²) in [6.45, 7) is 1.24. The lowest BCUT2D eigenvalue weighted by Gasteiger charge is -2.04. The average molecular weight is 256 g/mol. The number of hydrogen-bond donors (Lipinski definition) is 1. The Morgan fingerprint density at radius 3 is 2.53 bits per heavy atom. The number of carbonyl (C=O) groups excluding carboxylic acids is 1. The highest BCUT2D eigenvalue weighted by atomic mass is 16.6. The Kier molecular flexibility index (Phi) is 4.34. The van der Waals surface area contributed by atoms with Gasteiger partial charge in [-0.05, 0) is 17.7 Å². The van der Waals surface area contributed by atoms with Gasteiger partial charge in [-0.25, -0.2) is 0 Å². The molecule has 94 valence electrons. The van der Waals surface area contributed by atoms with Gasteiger partial charge in [-0.1, -0.05) is 6.07 Å². The molecule has 0 unspecified atom stereocenters. The van der Waals surface area contributed by atoms with Crippen molar-refractivity contribution in [1.82, 2.24) is 0 Å². The first-order valence-electron chi connectivity index (χ1n) is 5.06. The van der Waals surface area contributed by atoms with Gasteiger partial charge in [-0.15, -0.1) is 0 Å². The fourth-order valence-corrected chi connectivity index (χ4v) is 1.34. The lowest BCUT2D eigenvalue weighted by atomic mass is 10.1. The Balaban J connectivity index is 3.29. The van der Waals surface area contributed by atoms with E-state index in [-0.39, 0.29) is 16.9 Å². The molecule has 0 aromatic heterocycles. The van der Waals surface area contributed by atoms with E-state index in [9.17, 15) is 14.9 Å². The highest BCUT2D eigenvalue weighted by Gasteiger charge is 2.15. The molecule has 0 aliphatic heterocycles. The molecule has 0 atom stereocenters. The number of allylic oxidation sites excluding steroid dienone is 1. The van der Waals surface area contributed by atoms with Crippen molar-refractivity contribution in [1.29, 1.82) is 10.5 Å². The monoisotopic (exact) mass is 256 g/mol. The van der Waals surface area contributed by atoms with E-state index in [1.54, 1.807) is 12.1 Å². The standard InChI is InChI=1S/C12H8N4O3/c1-8(17)15-11-3-2-9(4-10(6-13)7-14)5-12(11)16(18)19/h2-5H,1H3,(H,15,17). The van der Waals surface area contributed by atoms with Gasteiger partial charge in [0.15, 0.2) is 0 Å². The van der Waals surface area contributed by atoms with Crippen LogP contribution in [0.5, 0.6) is 0 Å². The number of nitrogens with zero attached hydrogens (tertiary/aromatic N) is 3. The number of carbonyl (C=O) groups is 1. The minimum Gasteiger partial charge on any atom is -0.321 e. The Labute approximate surface area is 108 Å². The van der Waals surface area contributed by atoms with E-state index < -0.39 is 10.8 Å². The summed E-state index contributed by atoms with van der Waals surface area (Å²) in [5.74, 6) is -0.430. The Bertz CT molecular complexity index is 634. The fraction of sp³-hybridized carbons (Fsp3) is 0.0833. The number of nitro benzene ring substituents is 1. The maximum Gasteiger partial charge on any atom is 0.293 e. The van der Waals surface area contributed by atoms with Crippen molar-refractivity contribution in [3.8, 4) is 12.1 Å². The number of nitrogens with one attached hydrogen (secondary N) is 1. The topological polar surface area (TPSA) is 120 Å². The van der Waals surface area contributed by atoms with Crippen molar-refractivity contribution in [3.63, 3.8) is 0 Å². The summed E-state index contributed by atoms with van der Waals surface area (Å²) < 4.78 is 0. The van der Waals surface area contributed by atoms with Gasteiger partial charge < -0.3 is 5.32 Å². The van der Waals surface area contributed by atoms with Crippen molar-refractivity contribution < 1.29 is 9.72 Å². The van der Waals surface area contributed by atoms with Gasteiger partial charge in [-0.3, -0.25) is 14.9 Å². The van der Waals surface area contributed by atoms with Crippen LogP contribution in [-0.2, 0) is 4.79 Å². The summed E-state index contributed by atoms with van der Waals surface area (Å²) >= 11 is 0. The highest BCUT2D eigenvalue weighted by molar-refractivity contribution is 5.91. The third-order valence-electron chi connectivity index (χ3n) is 2.08. The number of nitriles is 2. The molecule has 1 N–H and O–H groups in total. The molecular formula is C12H8N4O3. The predicted molar refractivity (Wildman–Crippen MR) is 66.6 cm³/mol. The zero-order valence-corrected chi connectivity index (χ0v) is 9.88. The third kappa shape index (κ3) is 3.65. The Morgan fingerprint density at radius 1 is 1.42 bits per heavy atom. The molecule has 7 heteroatoms. The molecule has 0 radical (unpaired) electrons. The van der Waals surface area contributed by atoms with Crippen LogP contribution in [0.25, 0.3) is 6.08 Å². The molecule has 1 rings (SSSR count). The smallest absolute Gasteiger partial charge is 0.293 e. The number of nitro groups is 1. The molecule has 0 saturated heterocycles. The minimum absolute atomic E-state index is 0.0603. The van der Waals surface area contributed by atoms with Crippen LogP contribution in [0.2, 0.25) is 0 Å². The molecule has 0 aliphatic rings. The first-order valence-corrected chi connectivity index (χ1v) is 5.06. The van der Waals surface area contributed by atoms with Gasteiger partial charge in [0, 0.05) is 13.0 Å². The third-order valence-corrected chi connectivity index (χ3v) is 2.08. The van der Waals surface area contributed by atoms with Crippen LogP contribution in [-0.4, -0.2) is 10.8 Å². The summed E-state index contributed by atoms with van der Waals surface area (Å²) in [6.07, 6.45) is 1.23. The van der Waals surface area contributed by atoms with Crippen molar-refractivity contribution in [2.24, 2.45) is 0 Å². The summed E-state index contributed by atoms with van der Waals surface area (Å²) in [6, 6.07) is 7.30. The summed E-state index contributed by atoms with van der Waals surface area (Å²) in [5, 5.41) is 30.4. The zero-order valence-electron chi connectivity index (χ0n) is 9.88. The fourth-order valence-electron chi connectivity index (χ4n) is 1.34. The minimum atomic E-state index is -0.652. The molecule has 19 heavy (non-hydrogen) atoms. The molecule has 0 fully saturated rings. The average Bonchev–Trinajstić information content (AvgIpc) is 2.36. The maximum atomic E-state index is 10.9. The van der Waals surface area contributed by atoms with Crippen molar-refractivity contribution >= 4 is 23.4 Å². The second-order valence-electron chi connectivity index (χ2n) is 3.50. The predicted octanol–water partition coefficient (Wildman–Crippen LogP) is 1.98. The van der Waals surface area contributed by atoms with E-state index >= 15 is 0 Å². The SMILES string of the molecule is CC(=O)Nc1ccc(C=C(C#N)C#N)cc1[N+](=O)[O-]. The maximum absolute atomic E-state index is 10.9. The van der Waals surface area contributed by atoms with Crippen molar-refractivity contribution in [3.05, 3.63) is 39.4 Å². The summed E-state index contributed by atoms with van der Waals surface area (Å²) in [7, 11) is 0. The van der Waals surface area contributed by atoms with Crippen LogP contribution in [0.1, 0.15) is 12.5 Å². The Hall–Kier alpha value is -3.19. The number of anilines is 1. The largest absolute Gasteiger partial charge is 0.321 e. The summed E-state index contributed by atoms with van der Waals surface area (Å²) in [4.78, 5) is 21.1. The molecule has 0 saturated carbocycles. The zero-order chi connectivity index (χ0) is 14.4. The van der Waals surface area contributed by atoms with Gasteiger partial charge in [-0.2, -0.15) is 10.5 Å². The Morgan fingerprint density at radius 2 is 2.05 bits per heavy atom. The van der Waals surface area contributed by atoms with Crippen LogP contribution < -0.4 is 5.32 Å². The van der Waals surface area contributed by atoms with Gasteiger partial charge in [0.05, 0.1) is 4.92 Å². The first kappa shape index (κ1) is 13.9. The molecule has 1 aromatic carbocycles. The molecule has 1 aromatic rings. The van der Waals surface area contributed by atoms with Crippen LogP contribution in [0, 0.1) is 32.8 Å². The van der Waals surface area contributed by atoms with E-state index in [1.807, 2.05) is 0 Å². The van der Waals surface area contributed by atoms with Crippen LogP contribution in [0.15, 0.2) is 23.8 Å². The molecule has 1 amide bonds. The number of hydrogen-bond acceptors (Lipinski definition) is 5. The molecular weight excluding hydrogens is 248 g/mol. The van der Waals surface area contributed by atoms with E-state index in [2.05, 4.69) is 5.32 Å². The number of amides is 1. The van der Waals surface area contributed by atoms with Gasteiger partial charge in [0.1, 0.15) is 23.4 Å². The van der Waals surface area contributed by atoms with E-state index in [1.165, 1.54) is 31.2 Å². The van der Waals surface area contributed by atoms with E-state index in [4.69, 9.17) is 10.5 Å². The van der Waals surface area contributed by atoms with E-state index in [0.29, 0.717) is 5.56 Å². The summed E-state index contributed by atoms with van der Waals surface area (Å²) in [5.41, 5.74) is -0.0789. The van der Waals surface area contributed by atoms with E-state index in [0.717, 1.165) is 0 Å². The first-order chi connectivity index (χ1) is 8.97. The second kappa shape index (κ2) is 5.94. The normalized spacial score (nSPS) is 8.79. The van der Waals surface area contributed by atoms with Crippen LogP contribution >= 0.6 is 0 Å².